The first-order valence-corrected chi connectivity index (χ1v) is 9.05. The Morgan fingerprint density at radius 3 is 2.12 bits per heavy atom. The summed E-state index contributed by atoms with van der Waals surface area (Å²) in [5.41, 5.74) is 2.10. The van der Waals surface area contributed by atoms with Crippen molar-refractivity contribution in [3.05, 3.63) is 71.8 Å². The lowest BCUT2D eigenvalue weighted by Crippen LogP contribution is -2.50. The lowest BCUT2D eigenvalue weighted by molar-refractivity contribution is 0.0901. The molecule has 0 bridgehead atoms. The van der Waals surface area contributed by atoms with Crippen molar-refractivity contribution >= 4 is 5.91 Å². The summed E-state index contributed by atoms with van der Waals surface area (Å²) < 4.78 is 0. The minimum Gasteiger partial charge on any atom is -0.348 e. The summed E-state index contributed by atoms with van der Waals surface area (Å²) in [6.07, 6.45) is 0. The van der Waals surface area contributed by atoms with Crippen LogP contribution < -0.4 is 5.32 Å². The number of rotatable bonds is 6. The van der Waals surface area contributed by atoms with E-state index in [9.17, 15) is 4.79 Å². The molecule has 4 heteroatoms. The minimum atomic E-state index is 0.0100. The summed E-state index contributed by atoms with van der Waals surface area (Å²) in [6.45, 7) is 8.27. The number of carbonyl (C=O) groups excluding carboxylic acids is 1. The number of hydrogen-bond acceptors (Lipinski definition) is 3. The first kappa shape index (κ1) is 17.6. The zero-order chi connectivity index (χ0) is 17.5. The smallest absolute Gasteiger partial charge is 0.251 e. The first-order valence-electron chi connectivity index (χ1n) is 9.05. The highest BCUT2D eigenvalue weighted by Crippen LogP contribution is 2.09. The highest BCUT2D eigenvalue weighted by atomic mass is 16.1. The van der Waals surface area contributed by atoms with Crippen LogP contribution in [0.3, 0.4) is 0 Å². The second kappa shape index (κ2) is 8.79. The molecule has 3 rings (SSSR count). The fourth-order valence-electron chi connectivity index (χ4n) is 3.30. The second-order valence-corrected chi connectivity index (χ2v) is 6.80. The maximum atomic E-state index is 12.2. The standard InChI is InChI=1S/C21H27N3O/c1-18(22-21(25)20-10-6-3-7-11-20)16-23-12-14-24(15-13-23)17-19-8-4-2-5-9-19/h2-11,18H,12-17H2,1H3,(H,22,25)/t18-/m0/s1. The average Bonchev–Trinajstić information content (AvgIpc) is 2.65. The molecular weight excluding hydrogens is 310 g/mol. The van der Waals surface area contributed by atoms with Gasteiger partial charge in [0, 0.05) is 50.9 Å². The molecular formula is C21H27N3O. The minimum absolute atomic E-state index is 0.0100. The van der Waals surface area contributed by atoms with E-state index in [0.29, 0.717) is 0 Å². The van der Waals surface area contributed by atoms with Gasteiger partial charge in [-0.15, -0.1) is 0 Å². The maximum absolute atomic E-state index is 12.2. The molecule has 132 valence electrons. The van der Waals surface area contributed by atoms with Gasteiger partial charge in [-0.2, -0.15) is 0 Å². The van der Waals surface area contributed by atoms with Gasteiger partial charge in [-0.05, 0) is 24.6 Å². The molecule has 1 aliphatic rings. The van der Waals surface area contributed by atoms with E-state index < -0.39 is 0 Å². The van der Waals surface area contributed by atoms with Crippen LogP contribution in [0.15, 0.2) is 60.7 Å². The lowest BCUT2D eigenvalue weighted by Gasteiger charge is -2.36. The van der Waals surface area contributed by atoms with Crippen molar-refractivity contribution in [2.75, 3.05) is 32.7 Å². The molecule has 2 aromatic rings. The quantitative estimate of drug-likeness (QED) is 0.880. The summed E-state index contributed by atoms with van der Waals surface area (Å²) in [5, 5.41) is 3.10. The van der Waals surface area contributed by atoms with E-state index >= 15 is 0 Å². The monoisotopic (exact) mass is 337 g/mol. The van der Waals surface area contributed by atoms with Crippen LogP contribution >= 0.6 is 0 Å². The molecule has 1 heterocycles. The number of nitrogens with zero attached hydrogens (tertiary/aromatic N) is 2. The molecule has 0 spiro atoms. The van der Waals surface area contributed by atoms with Crippen molar-refractivity contribution in [2.45, 2.75) is 19.5 Å². The Balaban J connectivity index is 1.40. The number of benzene rings is 2. The van der Waals surface area contributed by atoms with E-state index in [0.717, 1.165) is 44.8 Å². The number of piperazine rings is 1. The van der Waals surface area contributed by atoms with Gasteiger partial charge in [-0.1, -0.05) is 48.5 Å². The number of nitrogens with one attached hydrogen (secondary N) is 1. The Labute approximate surface area is 150 Å². The molecule has 2 aromatic carbocycles. The van der Waals surface area contributed by atoms with Crippen LogP contribution in [0, 0.1) is 0 Å². The van der Waals surface area contributed by atoms with Crippen LogP contribution in [0.4, 0.5) is 0 Å². The predicted molar refractivity (Wildman–Crippen MR) is 102 cm³/mol. The zero-order valence-electron chi connectivity index (χ0n) is 14.9. The zero-order valence-corrected chi connectivity index (χ0v) is 14.9. The molecule has 1 saturated heterocycles. The van der Waals surface area contributed by atoms with Gasteiger partial charge in [-0.3, -0.25) is 14.6 Å². The molecule has 0 radical (unpaired) electrons. The van der Waals surface area contributed by atoms with Gasteiger partial charge in [0.2, 0.25) is 0 Å². The molecule has 0 aromatic heterocycles. The van der Waals surface area contributed by atoms with E-state index in [1.165, 1.54) is 5.56 Å². The van der Waals surface area contributed by atoms with Crippen molar-refractivity contribution in [3.8, 4) is 0 Å². The summed E-state index contributed by atoms with van der Waals surface area (Å²) >= 11 is 0. The maximum Gasteiger partial charge on any atom is 0.251 e. The van der Waals surface area contributed by atoms with Gasteiger partial charge in [0.05, 0.1) is 0 Å². The third-order valence-electron chi connectivity index (χ3n) is 4.66. The molecule has 4 nitrogen and oxygen atoms in total. The molecule has 1 fully saturated rings. The lowest BCUT2D eigenvalue weighted by atomic mass is 10.2. The van der Waals surface area contributed by atoms with E-state index in [4.69, 9.17) is 0 Å². The van der Waals surface area contributed by atoms with Crippen molar-refractivity contribution < 1.29 is 4.79 Å². The average molecular weight is 337 g/mol. The van der Waals surface area contributed by atoms with Gasteiger partial charge in [0.1, 0.15) is 0 Å². The molecule has 0 saturated carbocycles. The Morgan fingerprint density at radius 2 is 1.48 bits per heavy atom. The van der Waals surface area contributed by atoms with Gasteiger partial charge in [0.15, 0.2) is 0 Å². The van der Waals surface area contributed by atoms with E-state index in [2.05, 4.69) is 52.4 Å². The predicted octanol–water partition coefficient (Wildman–Crippen LogP) is 2.62. The van der Waals surface area contributed by atoms with Crippen molar-refractivity contribution in [2.24, 2.45) is 0 Å². The Bertz CT molecular complexity index is 651. The highest BCUT2D eigenvalue weighted by Gasteiger charge is 2.19. The third kappa shape index (κ3) is 5.41. The number of amides is 1. The van der Waals surface area contributed by atoms with Crippen LogP contribution in [0.1, 0.15) is 22.8 Å². The summed E-state index contributed by atoms with van der Waals surface area (Å²) in [4.78, 5) is 17.2. The third-order valence-corrected chi connectivity index (χ3v) is 4.66. The topological polar surface area (TPSA) is 35.6 Å². The normalized spacial score (nSPS) is 17.2. The van der Waals surface area contributed by atoms with Crippen LogP contribution in [0.5, 0.6) is 0 Å². The van der Waals surface area contributed by atoms with E-state index in [1.54, 1.807) is 0 Å². The molecule has 0 unspecified atom stereocenters. The van der Waals surface area contributed by atoms with Crippen LogP contribution in [-0.4, -0.2) is 54.5 Å². The first-order chi connectivity index (χ1) is 12.2. The fourth-order valence-corrected chi connectivity index (χ4v) is 3.30. The van der Waals surface area contributed by atoms with E-state index in [-0.39, 0.29) is 11.9 Å². The summed E-state index contributed by atoms with van der Waals surface area (Å²) in [7, 11) is 0. The van der Waals surface area contributed by atoms with Gasteiger partial charge in [0.25, 0.3) is 5.91 Å². The number of hydrogen-bond donors (Lipinski definition) is 1. The molecule has 25 heavy (non-hydrogen) atoms. The van der Waals surface area contributed by atoms with Gasteiger partial charge >= 0.3 is 0 Å². The van der Waals surface area contributed by atoms with Crippen LogP contribution in [-0.2, 0) is 6.54 Å². The van der Waals surface area contributed by atoms with Crippen molar-refractivity contribution in [3.63, 3.8) is 0 Å². The van der Waals surface area contributed by atoms with Crippen molar-refractivity contribution in [1.82, 2.24) is 15.1 Å². The summed E-state index contributed by atoms with van der Waals surface area (Å²) in [6, 6.07) is 20.2. The number of carbonyl (C=O) groups is 1. The summed E-state index contributed by atoms with van der Waals surface area (Å²) in [5.74, 6) is 0.0100. The van der Waals surface area contributed by atoms with Crippen LogP contribution in [0.2, 0.25) is 0 Å². The molecule has 1 N–H and O–H groups in total. The van der Waals surface area contributed by atoms with E-state index in [1.807, 2.05) is 30.3 Å². The Morgan fingerprint density at radius 1 is 0.920 bits per heavy atom. The highest BCUT2D eigenvalue weighted by molar-refractivity contribution is 5.94. The SMILES string of the molecule is C[C@@H](CN1CCN(Cc2ccccc2)CC1)NC(=O)c1ccccc1. The largest absolute Gasteiger partial charge is 0.348 e. The second-order valence-electron chi connectivity index (χ2n) is 6.80. The molecule has 0 aliphatic carbocycles. The molecule has 1 amide bonds. The van der Waals surface area contributed by atoms with Gasteiger partial charge in [-0.25, -0.2) is 0 Å². The molecule has 1 atom stereocenters. The van der Waals surface area contributed by atoms with Crippen molar-refractivity contribution in [1.29, 1.82) is 0 Å². The molecule has 1 aliphatic heterocycles. The fraction of sp³-hybridized carbons (Fsp3) is 0.381. The van der Waals surface area contributed by atoms with Gasteiger partial charge < -0.3 is 5.32 Å². The Hall–Kier alpha value is -2.17. The van der Waals surface area contributed by atoms with Crippen LogP contribution in [0.25, 0.3) is 0 Å². The Kier molecular flexibility index (Phi) is 6.20.